The number of hydrogen-bond donors (Lipinski definition) is 0. The third-order valence-corrected chi connectivity index (χ3v) is 15.2. The highest BCUT2D eigenvalue weighted by atomic mass is 35.5. The van der Waals surface area contributed by atoms with Crippen molar-refractivity contribution in [3.8, 4) is 56.0 Å². The number of para-hydroxylation sites is 5. The van der Waals surface area contributed by atoms with Gasteiger partial charge in [0.15, 0.2) is 5.82 Å². The van der Waals surface area contributed by atoms with Crippen LogP contribution in [0.4, 0.5) is 0 Å². The first-order chi connectivity index (χ1) is 38.5. The largest absolute Gasteiger partial charge is 0.494 e. The summed E-state index contributed by atoms with van der Waals surface area (Å²) in [7, 11) is -0.329. The normalized spacial score (nSPS) is 13.5. The van der Waals surface area contributed by atoms with Crippen LogP contribution < -0.4 is 5.46 Å². The van der Waals surface area contributed by atoms with E-state index >= 15 is 0 Å². The lowest BCUT2D eigenvalue weighted by atomic mass is 9.78. The van der Waals surface area contributed by atoms with E-state index < -0.39 is 0 Å². The molecule has 1 saturated heterocycles. The Balaban J connectivity index is 0.000000141. The smallest absolute Gasteiger partial charge is 0.399 e. The number of nitrogens with zero attached hydrogens (tertiary/aromatic N) is 7. The molecule has 0 atom stereocenters. The second kappa shape index (κ2) is 21.6. The molecule has 9 nitrogen and oxygen atoms in total. The molecule has 0 amide bonds. The Labute approximate surface area is 468 Å². The quantitative estimate of drug-likeness (QED) is 0.0913. The van der Waals surface area contributed by atoms with Gasteiger partial charge in [-0.15, -0.1) is 0 Å². The van der Waals surface area contributed by atoms with Gasteiger partial charge in [-0.3, -0.25) is 15.0 Å². The molecule has 0 unspecified atom stereocenters. The fraction of sp³-hybridized carbons (Fsp3) is 0.0896. The van der Waals surface area contributed by atoms with Gasteiger partial charge in [0, 0.05) is 73.3 Å². The number of hydrogen-bond acceptors (Lipinski definition) is 9. The molecule has 382 valence electrons. The number of aromatic nitrogens is 7. The number of rotatable bonds is 6. The Hall–Kier alpha value is -8.77. The van der Waals surface area contributed by atoms with Crippen LogP contribution in [0, 0.1) is 0 Å². The molecule has 8 aromatic carbocycles. The van der Waals surface area contributed by atoms with Gasteiger partial charge in [0.25, 0.3) is 0 Å². The van der Waals surface area contributed by atoms with Crippen molar-refractivity contribution in [2.45, 2.75) is 38.9 Å². The highest BCUT2D eigenvalue weighted by molar-refractivity contribution is 6.62. The van der Waals surface area contributed by atoms with Crippen LogP contribution in [-0.2, 0) is 9.31 Å². The predicted octanol–water partition coefficient (Wildman–Crippen LogP) is 16.5. The van der Waals surface area contributed by atoms with Crippen LogP contribution in [0.25, 0.3) is 111 Å². The van der Waals surface area contributed by atoms with E-state index in [-0.39, 0.29) is 23.6 Å². The Kier molecular flexibility index (Phi) is 13.9. The molecule has 1 aliphatic heterocycles. The summed E-state index contributed by atoms with van der Waals surface area (Å²) < 4.78 is 12.3. The van der Waals surface area contributed by atoms with Crippen LogP contribution in [-0.4, -0.2) is 53.2 Å². The summed E-state index contributed by atoms with van der Waals surface area (Å²) >= 11 is 11.4. The minimum Gasteiger partial charge on any atom is -0.399 e. The summed E-state index contributed by atoms with van der Waals surface area (Å²) in [5.41, 5.74) is 14.8. The summed E-state index contributed by atoms with van der Waals surface area (Å²) in [6, 6.07) is 72.2. The average molecular weight is 1070 g/mol. The van der Waals surface area contributed by atoms with Crippen LogP contribution >= 0.6 is 23.2 Å². The molecule has 0 N–H and O–H groups in total. The maximum Gasteiger partial charge on any atom is 0.494 e. The Morgan fingerprint density at radius 3 is 1.27 bits per heavy atom. The number of pyridine rings is 3. The summed E-state index contributed by atoms with van der Waals surface area (Å²) in [6.07, 6.45) is 5.53. The monoisotopic (exact) mass is 1070 g/mol. The molecule has 0 spiro atoms. The van der Waals surface area contributed by atoms with Gasteiger partial charge >= 0.3 is 7.12 Å². The number of fused-ring (bicyclic) bond motifs is 5. The second-order valence-electron chi connectivity index (χ2n) is 20.2. The molecule has 6 heterocycles. The van der Waals surface area contributed by atoms with E-state index in [1.54, 1.807) is 0 Å². The lowest BCUT2D eigenvalue weighted by Crippen LogP contribution is -2.41. The molecule has 14 rings (SSSR count). The average Bonchev–Trinajstić information content (AvgIpc) is 3.75. The molecular formula is C67H50BCl2N7O2. The zero-order chi connectivity index (χ0) is 54.1. The van der Waals surface area contributed by atoms with Gasteiger partial charge in [-0.1, -0.05) is 188 Å². The van der Waals surface area contributed by atoms with Crippen molar-refractivity contribution in [1.82, 2.24) is 34.9 Å². The molecule has 0 radical (unpaired) electrons. The van der Waals surface area contributed by atoms with Crippen molar-refractivity contribution in [2.75, 3.05) is 0 Å². The lowest BCUT2D eigenvalue weighted by molar-refractivity contribution is 0.00578. The van der Waals surface area contributed by atoms with Gasteiger partial charge in [-0.05, 0) is 97.8 Å². The zero-order valence-corrected chi connectivity index (χ0v) is 45.2. The van der Waals surface area contributed by atoms with E-state index in [1.165, 1.54) is 0 Å². The maximum absolute atomic E-state index is 6.13. The second-order valence-corrected chi connectivity index (χ2v) is 20.9. The summed E-state index contributed by atoms with van der Waals surface area (Å²) in [4.78, 5) is 31.7. The standard InChI is InChI=1S/C38H24N4.C21H22BNO2.C8H4Cl2N2/c1-2-14-34-33(11-1)37(29-19-15-25(16-20-29)31-12-3-7-27-9-5-23-39-35(27)31)42-38(41-34)30-21-17-26(18-22-30)32-13-4-8-28-10-6-24-40-36(28)32;1-20(2)21(3,4)25-22(24-20)17-12-10-15(11-13-17)18-9-5-7-16-8-6-14-23-19(16)18;9-7-5-3-1-2-4-6(5)11-8(10)12-7/h1-24H;5-14H,1-4H3;1-4H. The molecule has 0 bridgehead atoms. The molecule has 1 fully saturated rings. The minimum atomic E-state index is -0.329. The van der Waals surface area contributed by atoms with Gasteiger partial charge in [-0.25, -0.2) is 19.9 Å². The van der Waals surface area contributed by atoms with Gasteiger partial charge < -0.3 is 9.31 Å². The van der Waals surface area contributed by atoms with Crippen LogP contribution in [0.1, 0.15) is 27.7 Å². The van der Waals surface area contributed by atoms with Crippen molar-refractivity contribution in [2.24, 2.45) is 0 Å². The third-order valence-electron chi connectivity index (χ3n) is 14.7. The molecule has 0 aliphatic carbocycles. The van der Waals surface area contributed by atoms with Gasteiger partial charge in [0.05, 0.1) is 44.5 Å². The van der Waals surface area contributed by atoms with Crippen LogP contribution in [0.15, 0.2) is 231 Å². The number of halogens is 2. The first-order valence-corrected chi connectivity index (χ1v) is 26.8. The molecule has 13 aromatic rings. The summed E-state index contributed by atoms with van der Waals surface area (Å²) in [6.45, 7) is 8.29. The lowest BCUT2D eigenvalue weighted by Gasteiger charge is -2.32. The fourth-order valence-electron chi connectivity index (χ4n) is 9.85. The summed E-state index contributed by atoms with van der Waals surface area (Å²) in [5.74, 6) is 0.702. The predicted molar refractivity (Wildman–Crippen MR) is 324 cm³/mol. The van der Waals surface area contributed by atoms with Crippen molar-refractivity contribution in [1.29, 1.82) is 0 Å². The topological polar surface area (TPSA) is 109 Å². The fourth-order valence-corrected chi connectivity index (χ4v) is 10.3. The zero-order valence-electron chi connectivity index (χ0n) is 43.7. The maximum atomic E-state index is 6.13. The first kappa shape index (κ1) is 51.0. The van der Waals surface area contributed by atoms with Crippen molar-refractivity contribution in [3.05, 3.63) is 241 Å². The van der Waals surface area contributed by atoms with Gasteiger partial charge in [0.1, 0.15) is 5.15 Å². The van der Waals surface area contributed by atoms with Crippen LogP contribution in [0.5, 0.6) is 0 Å². The molecule has 5 aromatic heterocycles. The highest BCUT2D eigenvalue weighted by Crippen LogP contribution is 2.38. The molecule has 79 heavy (non-hydrogen) atoms. The summed E-state index contributed by atoms with van der Waals surface area (Å²) in [5, 5.41) is 5.83. The van der Waals surface area contributed by atoms with E-state index in [2.05, 4.69) is 210 Å². The highest BCUT2D eigenvalue weighted by Gasteiger charge is 2.51. The van der Waals surface area contributed by atoms with Crippen LogP contribution in [0.2, 0.25) is 10.4 Å². The van der Waals surface area contributed by atoms with Crippen molar-refractivity contribution in [3.63, 3.8) is 0 Å². The van der Waals surface area contributed by atoms with Crippen molar-refractivity contribution < 1.29 is 9.31 Å². The van der Waals surface area contributed by atoms with E-state index in [0.29, 0.717) is 11.0 Å². The van der Waals surface area contributed by atoms with Gasteiger partial charge in [0.2, 0.25) is 5.28 Å². The molecule has 0 saturated carbocycles. The molecule has 12 heteroatoms. The van der Waals surface area contributed by atoms with Gasteiger partial charge in [-0.2, -0.15) is 0 Å². The first-order valence-electron chi connectivity index (χ1n) is 26.0. The van der Waals surface area contributed by atoms with Crippen LogP contribution in [0.3, 0.4) is 0 Å². The molecule has 1 aliphatic rings. The Bertz CT molecular complexity index is 4340. The van der Waals surface area contributed by atoms with E-state index in [1.807, 2.05) is 73.2 Å². The third kappa shape index (κ3) is 10.4. The SMILES string of the molecule is CC1(C)OB(c2ccc(-c3cccc4cccnc34)cc2)OC1(C)C.Clc1nc(Cl)c2ccccc2n1.c1cnc2c(-c3ccc(-c4nc(-c5ccc(-c6cccc7cccnc67)cc5)c5ccccc5n4)cc3)cccc2c1. The van der Waals surface area contributed by atoms with E-state index in [9.17, 15) is 0 Å². The van der Waals surface area contributed by atoms with E-state index in [4.69, 9.17) is 42.5 Å². The molecular weight excluding hydrogens is 1020 g/mol. The van der Waals surface area contributed by atoms with E-state index in [0.717, 1.165) is 110 Å². The number of benzene rings is 8. The Morgan fingerprint density at radius 1 is 0.367 bits per heavy atom. The Morgan fingerprint density at radius 2 is 0.772 bits per heavy atom. The minimum absolute atomic E-state index is 0.179. The van der Waals surface area contributed by atoms with Crippen molar-refractivity contribution >= 4 is 90.3 Å².